The minimum Gasteiger partial charge on any atom is -0.294 e. The average molecular weight is 312 g/mol. The third-order valence-electron chi connectivity index (χ3n) is 1.51. The first-order chi connectivity index (χ1) is 5.39. The minimum atomic E-state index is -2.45. The average Bonchev–Trinajstić information content (AvgIpc) is 1.82. The van der Waals surface area contributed by atoms with E-state index in [1.165, 1.54) is 0 Å². The van der Waals surface area contributed by atoms with Crippen molar-refractivity contribution in [3.63, 3.8) is 0 Å². The maximum absolute atomic E-state index is 11.6. The van der Waals surface area contributed by atoms with Gasteiger partial charge >= 0.3 is 0 Å². The fourth-order valence-corrected chi connectivity index (χ4v) is 3.04. The van der Waals surface area contributed by atoms with Crippen molar-refractivity contribution in [2.75, 3.05) is 0 Å². The molecule has 0 saturated heterocycles. The van der Waals surface area contributed by atoms with Crippen LogP contribution in [-0.2, 0) is 4.57 Å². The van der Waals surface area contributed by atoms with E-state index in [0.717, 1.165) is 16.4 Å². The molecule has 0 spiro atoms. The standard InChI is InChI=1S/C8H9Br2OP/c1-6-3-7(2)5-8(4-6)12(9,10)11/h3-5H,1-2H3. The van der Waals surface area contributed by atoms with Crippen LogP contribution in [0.5, 0.6) is 0 Å². The summed E-state index contributed by atoms with van der Waals surface area (Å²) in [5, 5.41) is 0.819. The molecule has 0 heterocycles. The van der Waals surface area contributed by atoms with E-state index in [1.807, 2.05) is 26.0 Å². The second-order valence-corrected chi connectivity index (χ2v) is 13.1. The third-order valence-corrected chi connectivity index (χ3v) is 4.82. The van der Waals surface area contributed by atoms with Crippen molar-refractivity contribution in [1.82, 2.24) is 0 Å². The predicted octanol–water partition coefficient (Wildman–Crippen LogP) is 3.91. The lowest BCUT2D eigenvalue weighted by atomic mass is 10.2. The Labute approximate surface area is 88.4 Å². The number of hydrogen-bond acceptors (Lipinski definition) is 1. The molecule has 1 rings (SSSR count). The summed E-state index contributed by atoms with van der Waals surface area (Å²) < 4.78 is 9.11. The third kappa shape index (κ3) is 2.72. The van der Waals surface area contributed by atoms with Gasteiger partial charge in [-0.05, 0) is 57.0 Å². The molecule has 1 nitrogen and oxygen atoms in total. The molecule has 4 heteroatoms. The van der Waals surface area contributed by atoms with Crippen LogP contribution in [-0.4, -0.2) is 0 Å². The molecule has 0 aliphatic carbocycles. The van der Waals surface area contributed by atoms with Crippen molar-refractivity contribution in [1.29, 1.82) is 0 Å². The number of rotatable bonds is 1. The van der Waals surface area contributed by atoms with Gasteiger partial charge < -0.3 is 0 Å². The minimum absolute atomic E-state index is 0.819. The van der Waals surface area contributed by atoms with Gasteiger partial charge in [0, 0.05) is 5.30 Å². The van der Waals surface area contributed by atoms with Gasteiger partial charge in [-0.25, -0.2) is 0 Å². The van der Waals surface area contributed by atoms with E-state index in [4.69, 9.17) is 0 Å². The molecular weight excluding hydrogens is 303 g/mol. The molecule has 0 fully saturated rings. The van der Waals surface area contributed by atoms with Crippen molar-refractivity contribution >= 4 is 40.8 Å². The highest BCUT2D eigenvalue weighted by Crippen LogP contribution is 2.60. The molecule has 0 aromatic heterocycles. The van der Waals surface area contributed by atoms with Crippen LogP contribution in [0.2, 0.25) is 0 Å². The Morgan fingerprint density at radius 3 is 1.83 bits per heavy atom. The first-order valence-electron chi connectivity index (χ1n) is 3.48. The highest BCUT2D eigenvalue weighted by Gasteiger charge is 2.15. The van der Waals surface area contributed by atoms with Crippen LogP contribution in [0, 0.1) is 13.8 Å². The van der Waals surface area contributed by atoms with E-state index in [-0.39, 0.29) is 0 Å². The van der Waals surface area contributed by atoms with Crippen LogP contribution in [0.1, 0.15) is 11.1 Å². The lowest BCUT2D eigenvalue weighted by Crippen LogP contribution is -1.98. The van der Waals surface area contributed by atoms with Gasteiger partial charge in [0.15, 0.2) is 0 Å². The zero-order chi connectivity index (χ0) is 9.35. The Kier molecular flexibility index (Phi) is 3.19. The summed E-state index contributed by atoms with van der Waals surface area (Å²) in [5.41, 5.74) is 2.26. The lowest BCUT2D eigenvalue weighted by molar-refractivity contribution is 0.599. The number of aryl methyl sites for hydroxylation is 2. The van der Waals surface area contributed by atoms with Gasteiger partial charge in [-0.3, -0.25) is 4.57 Å². The molecule has 0 amide bonds. The highest BCUT2D eigenvalue weighted by atomic mass is 79.9. The van der Waals surface area contributed by atoms with Crippen molar-refractivity contribution < 1.29 is 4.57 Å². The fraction of sp³-hybridized carbons (Fsp3) is 0.250. The molecule has 0 radical (unpaired) electrons. The van der Waals surface area contributed by atoms with Crippen LogP contribution in [0.4, 0.5) is 0 Å². The molecule has 0 N–H and O–H groups in total. The second-order valence-electron chi connectivity index (χ2n) is 2.81. The summed E-state index contributed by atoms with van der Waals surface area (Å²) in [6, 6.07) is 5.88. The summed E-state index contributed by atoms with van der Waals surface area (Å²) in [5.74, 6) is 0. The van der Waals surface area contributed by atoms with Gasteiger partial charge in [-0.15, -0.1) is 0 Å². The van der Waals surface area contributed by atoms with E-state index in [0.29, 0.717) is 0 Å². The smallest absolute Gasteiger partial charge is 0.236 e. The van der Waals surface area contributed by atoms with Crippen LogP contribution < -0.4 is 5.30 Å². The molecule has 1 aromatic carbocycles. The molecule has 0 atom stereocenters. The lowest BCUT2D eigenvalue weighted by Gasteiger charge is -2.05. The van der Waals surface area contributed by atoms with E-state index in [2.05, 4.69) is 37.0 Å². The number of benzene rings is 1. The summed E-state index contributed by atoms with van der Waals surface area (Å²) in [7, 11) is 0. The van der Waals surface area contributed by atoms with Gasteiger partial charge in [0.2, 0.25) is 4.55 Å². The normalized spacial score (nSPS) is 11.7. The van der Waals surface area contributed by atoms with Crippen LogP contribution in [0.25, 0.3) is 0 Å². The first kappa shape index (κ1) is 10.5. The molecule has 1 aromatic rings. The molecule has 0 aliphatic heterocycles. The Balaban J connectivity index is 3.27. The monoisotopic (exact) mass is 310 g/mol. The first-order valence-corrected chi connectivity index (χ1v) is 9.22. The second kappa shape index (κ2) is 3.65. The zero-order valence-corrected chi connectivity index (χ0v) is 10.9. The number of halogens is 2. The zero-order valence-electron chi connectivity index (χ0n) is 6.84. The van der Waals surface area contributed by atoms with Crippen LogP contribution >= 0.6 is 35.5 Å². The van der Waals surface area contributed by atoms with Gasteiger partial charge in [-0.1, -0.05) is 17.2 Å². The maximum atomic E-state index is 11.6. The van der Waals surface area contributed by atoms with E-state index >= 15 is 0 Å². The van der Waals surface area contributed by atoms with Gasteiger partial charge in [0.05, 0.1) is 0 Å². The Bertz CT molecular complexity index is 323. The van der Waals surface area contributed by atoms with E-state index in [9.17, 15) is 4.57 Å². The SMILES string of the molecule is Cc1cc(C)cc(P(=O)(Br)Br)c1. The maximum Gasteiger partial charge on any atom is 0.236 e. The molecule has 66 valence electrons. The van der Waals surface area contributed by atoms with Crippen molar-refractivity contribution in [3.8, 4) is 0 Å². The molecule has 0 bridgehead atoms. The fourth-order valence-electron chi connectivity index (χ4n) is 1.10. The predicted molar refractivity (Wildman–Crippen MR) is 61.0 cm³/mol. The van der Waals surface area contributed by atoms with Crippen LogP contribution in [0.15, 0.2) is 18.2 Å². The van der Waals surface area contributed by atoms with Crippen molar-refractivity contribution in [2.24, 2.45) is 0 Å². The van der Waals surface area contributed by atoms with E-state index < -0.39 is 4.55 Å². The Morgan fingerprint density at radius 1 is 1.08 bits per heavy atom. The summed E-state index contributed by atoms with van der Waals surface area (Å²) in [6.45, 7) is 3.98. The van der Waals surface area contributed by atoms with Crippen molar-refractivity contribution in [2.45, 2.75) is 13.8 Å². The van der Waals surface area contributed by atoms with Gasteiger partial charge in [0.25, 0.3) is 0 Å². The molecule has 0 saturated carbocycles. The van der Waals surface area contributed by atoms with Gasteiger partial charge in [-0.2, -0.15) is 0 Å². The molecular formula is C8H9Br2OP. The summed E-state index contributed by atoms with van der Waals surface area (Å²) in [4.78, 5) is 0. The van der Waals surface area contributed by atoms with Gasteiger partial charge in [0.1, 0.15) is 0 Å². The Hall–Kier alpha value is 0.410. The largest absolute Gasteiger partial charge is 0.294 e. The van der Waals surface area contributed by atoms with E-state index in [1.54, 1.807) is 0 Å². The quantitative estimate of drug-likeness (QED) is 0.719. The molecule has 0 aliphatic rings. The Morgan fingerprint density at radius 2 is 1.50 bits per heavy atom. The topological polar surface area (TPSA) is 17.1 Å². The summed E-state index contributed by atoms with van der Waals surface area (Å²) in [6.07, 6.45) is 0. The van der Waals surface area contributed by atoms with Crippen molar-refractivity contribution in [3.05, 3.63) is 29.3 Å². The highest BCUT2D eigenvalue weighted by molar-refractivity contribution is 9.71. The molecule has 12 heavy (non-hydrogen) atoms. The molecule has 0 unspecified atom stereocenters. The number of hydrogen-bond donors (Lipinski definition) is 0. The summed E-state index contributed by atoms with van der Waals surface area (Å²) >= 11 is 6.25. The van der Waals surface area contributed by atoms with Crippen LogP contribution in [0.3, 0.4) is 0 Å².